The molecule has 0 aliphatic carbocycles. The molecular weight excluding hydrogens is 346 g/mol. The molecule has 2 aliphatic rings. The van der Waals surface area contributed by atoms with Crippen LogP contribution in [0.25, 0.3) is 0 Å². The van der Waals surface area contributed by atoms with E-state index in [4.69, 9.17) is 5.11 Å². The average molecular weight is 363 g/mol. The number of nitrogens with zero attached hydrogens (tertiary/aromatic N) is 3. The number of fused-ring (bicyclic) bond motifs is 1. The molecule has 2 saturated heterocycles. The van der Waals surface area contributed by atoms with Gasteiger partial charge >= 0.3 is 12.0 Å². The zero-order valence-electron chi connectivity index (χ0n) is 13.3. The standard InChI is InChI=1S/C16H17N3O5S/c20-13(9-25-10-14(21)22)17-6-7-18-12(8-17)15(23)19(16(18)24)11-4-2-1-3-5-11/h1-5,12H,6-10H2,(H,21,22). The lowest BCUT2D eigenvalue weighted by Gasteiger charge is -2.35. The van der Waals surface area contributed by atoms with Crippen LogP contribution >= 0.6 is 11.8 Å². The van der Waals surface area contributed by atoms with E-state index in [9.17, 15) is 19.2 Å². The molecule has 0 saturated carbocycles. The highest BCUT2D eigenvalue weighted by Gasteiger charge is 2.48. The third-order valence-corrected chi connectivity index (χ3v) is 5.04. The second-order valence-electron chi connectivity index (χ2n) is 5.73. The Balaban J connectivity index is 1.67. The first-order valence-electron chi connectivity index (χ1n) is 7.76. The lowest BCUT2D eigenvalue weighted by molar-refractivity contribution is -0.134. The van der Waals surface area contributed by atoms with Crippen LogP contribution in [0.4, 0.5) is 10.5 Å². The highest BCUT2D eigenvalue weighted by Crippen LogP contribution is 2.27. The summed E-state index contributed by atoms with van der Waals surface area (Å²) in [5, 5.41) is 8.62. The number of para-hydroxylation sites is 1. The fourth-order valence-corrected chi connectivity index (χ4v) is 3.59. The largest absolute Gasteiger partial charge is 0.481 e. The predicted octanol–water partition coefficient (Wildman–Crippen LogP) is 0.484. The summed E-state index contributed by atoms with van der Waals surface area (Å²) in [4.78, 5) is 52.1. The zero-order chi connectivity index (χ0) is 18.0. The minimum absolute atomic E-state index is 0.0452. The van der Waals surface area contributed by atoms with E-state index in [2.05, 4.69) is 0 Å². The summed E-state index contributed by atoms with van der Waals surface area (Å²) in [7, 11) is 0. The number of hydrogen-bond acceptors (Lipinski definition) is 5. The van der Waals surface area contributed by atoms with Gasteiger partial charge in [0.15, 0.2) is 0 Å². The van der Waals surface area contributed by atoms with Gasteiger partial charge in [-0.3, -0.25) is 14.4 Å². The molecule has 2 heterocycles. The first-order valence-corrected chi connectivity index (χ1v) is 8.91. The third kappa shape index (κ3) is 3.46. The summed E-state index contributed by atoms with van der Waals surface area (Å²) in [5.74, 6) is -1.63. The number of benzene rings is 1. The van der Waals surface area contributed by atoms with Crippen molar-refractivity contribution in [1.29, 1.82) is 0 Å². The van der Waals surface area contributed by atoms with E-state index in [1.165, 1.54) is 9.80 Å². The molecule has 9 heteroatoms. The maximum Gasteiger partial charge on any atom is 0.332 e. The van der Waals surface area contributed by atoms with Crippen molar-refractivity contribution in [1.82, 2.24) is 9.80 Å². The lowest BCUT2D eigenvalue weighted by atomic mass is 10.2. The molecule has 2 fully saturated rings. The molecule has 0 aromatic heterocycles. The van der Waals surface area contributed by atoms with Gasteiger partial charge in [0, 0.05) is 13.1 Å². The van der Waals surface area contributed by atoms with Gasteiger partial charge in [-0.25, -0.2) is 9.69 Å². The molecule has 8 nitrogen and oxygen atoms in total. The van der Waals surface area contributed by atoms with Crippen molar-refractivity contribution in [3.05, 3.63) is 30.3 Å². The monoisotopic (exact) mass is 363 g/mol. The number of urea groups is 1. The lowest BCUT2D eigenvalue weighted by Crippen LogP contribution is -2.55. The summed E-state index contributed by atoms with van der Waals surface area (Å²) < 4.78 is 0. The van der Waals surface area contributed by atoms with Gasteiger partial charge in [0.1, 0.15) is 6.04 Å². The van der Waals surface area contributed by atoms with Crippen LogP contribution in [0.15, 0.2) is 30.3 Å². The van der Waals surface area contributed by atoms with Gasteiger partial charge in [-0.1, -0.05) is 18.2 Å². The maximum absolute atomic E-state index is 12.7. The van der Waals surface area contributed by atoms with Gasteiger partial charge in [-0.2, -0.15) is 0 Å². The van der Waals surface area contributed by atoms with Crippen LogP contribution in [0.2, 0.25) is 0 Å². The smallest absolute Gasteiger partial charge is 0.332 e. The molecule has 1 aromatic carbocycles. The molecule has 132 valence electrons. The first kappa shape index (κ1) is 17.3. The number of amides is 4. The average Bonchev–Trinajstić information content (AvgIpc) is 2.86. The van der Waals surface area contributed by atoms with Crippen molar-refractivity contribution < 1.29 is 24.3 Å². The fraction of sp³-hybridized carbons (Fsp3) is 0.375. The van der Waals surface area contributed by atoms with Crippen LogP contribution in [-0.2, 0) is 14.4 Å². The minimum Gasteiger partial charge on any atom is -0.481 e. The van der Waals surface area contributed by atoms with Crippen molar-refractivity contribution in [2.45, 2.75) is 6.04 Å². The summed E-state index contributed by atoms with van der Waals surface area (Å²) >= 11 is 1.02. The van der Waals surface area contributed by atoms with Gasteiger partial charge in [0.25, 0.3) is 5.91 Å². The predicted molar refractivity (Wildman–Crippen MR) is 91.4 cm³/mol. The minimum atomic E-state index is -0.974. The summed E-state index contributed by atoms with van der Waals surface area (Å²) in [6, 6.07) is 7.64. The summed E-state index contributed by atoms with van der Waals surface area (Å²) in [6.45, 7) is 0.763. The van der Waals surface area contributed by atoms with E-state index < -0.39 is 12.0 Å². The van der Waals surface area contributed by atoms with E-state index in [-0.39, 0.29) is 42.4 Å². The Hall–Kier alpha value is -2.55. The van der Waals surface area contributed by atoms with E-state index in [0.29, 0.717) is 12.2 Å². The van der Waals surface area contributed by atoms with E-state index >= 15 is 0 Å². The Morgan fingerprint density at radius 2 is 1.84 bits per heavy atom. The number of anilines is 1. The Morgan fingerprint density at radius 1 is 1.12 bits per heavy atom. The topological polar surface area (TPSA) is 98.2 Å². The zero-order valence-corrected chi connectivity index (χ0v) is 14.1. The molecule has 1 aromatic rings. The van der Waals surface area contributed by atoms with Crippen molar-refractivity contribution in [3.63, 3.8) is 0 Å². The third-order valence-electron chi connectivity index (χ3n) is 4.14. The summed E-state index contributed by atoms with van der Waals surface area (Å²) in [6.07, 6.45) is 0. The van der Waals surface area contributed by atoms with E-state index in [1.54, 1.807) is 30.3 Å². The molecule has 4 amide bonds. The quantitative estimate of drug-likeness (QED) is 0.765. The van der Waals surface area contributed by atoms with E-state index in [0.717, 1.165) is 16.7 Å². The molecule has 0 spiro atoms. The van der Waals surface area contributed by atoms with Crippen LogP contribution in [-0.4, -0.2) is 75.9 Å². The Kier molecular flexibility index (Phi) is 4.93. The number of carbonyl (C=O) groups is 4. The molecule has 0 radical (unpaired) electrons. The van der Waals surface area contributed by atoms with Gasteiger partial charge in [0.2, 0.25) is 5.91 Å². The van der Waals surface area contributed by atoms with Crippen LogP contribution in [0, 0.1) is 0 Å². The second kappa shape index (κ2) is 7.14. The van der Waals surface area contributed by atoms with Gasteiger partial charge in [0.05, 0.1) is 23.7 Å². The van der Waals surface area contributed by atoms with Gasteiger partial charge in [-0.05, 0) is 12.1 Å². The molecule has 25 heavy (non-hydrogen) atoms. The Bertz CT molecular complexity index is 711. The molecule has 0 bridgehead atoms. The van der Waals surface area contributed by atoms with Crippen molar-refractivity contribution >= 4 is 41.3 Å². The van der Waals surface area contributed by atoms with E-state index in [1.807, 2.05) is 0 Å². The summed E-state index contributed by atoms with van der Waals surface area (Å²) in [5.41, 5.74) is 0.516. The molecule has 1 unspecified atom stereocenters. The molecular formula is C16H17N3O5S. The molecule has 1 N–H and O–H groups in total. The number of aliphatic carboxylic acids is 1. The highest BCUT2D eigenvalue weighted by molar-refractivity contribution is 8.00. The highest BCUT2D eigenvalue weighted by atomic mass is 32.2. The first-order chi connectivity index (χ1) is 12.0. The molecule has 2 aliphatic heterocycles. The Labute approximate surface area is 148 Å². The van der Waals surface area contributed by atoms with Crippen LogP contribution in [0.3, 0.4) is 0 Å². The Morgan fingerprint density at radius 3 is 2.52 bits per heavy atom. The SMILES string of the molecule is O=C(O)CSCC(=O)N1CCN2C(=O)N(c3ccccc3)C(=O)C2C1. The maximum atomic E-state index is 12.7. The van der Waals surface area contributed by atoms with Gasteiger partial charge < -0.3 is 14.9 Å². The van der Waals surface area contributed by atoms with Crippen LogP contribution < -0.4 is 4.90 Å². The van der Waals surface area contributed by atoms with Crippen molar-refractivity contribution in [2.24, 2.45) is 0 Å². The second-order valence-corrected chi connectivity index (χ2v) is 6.71. The molecule has 1 atom stereocenters. The number of carboxylic acid groups (broad SMARTS) is 1. The number of imide groups is 1. The fourth-order valence-electron chi connectivity index (χ4n) is 2.95. The number of rotatable bonds is 5. The van der Waals surface area contributed by atoms with Crippen molar-refractivity contribution in [3.8, 4) is 0 Å². The van der Waals surface area contributed by atoms with Crippen LogP contribution in [0.5, 0.6) is 0 Å². The van der Waals surface area contributed by atoms with Gasteiger partial charge in [-0.15, -0.1) is 11.8 Å². The van der Waals surface area contributed by atoms with Crippen molar-refractivity contribution in [2.75, 3.05) is 36.0 Å². The molecule has 3 rings (SSSR count). The number of hydrogen-bond donors (Lipinski definition) is 1. The number of carboxylic acids is 1. The normalized spacial score (nSPS) is 20.0. The number of piperazine rings is 1. The number of carbonyl (C=O) groups excluding carboxylic acids is 3. The number of thioether (sulfide) groups is 1. The van der Waals surface area contributed by atoms with Crippen LogP contribution in [0.1, 0.15) is 0 Å².